The van der Waals surface area contributed by atoms with E-state index in [1.165, 1.54) is 6.92 Å². The lowest BCUT2D eigenvalue weighted by Gasteiger charge is -2.27. The molecule has 6 N–H and O–H groups in total. The molecule has 0 aromatic carbocycles. The lowest BCUT2D eigenvalue weighted by molar-refractivity contribution is -0.146. The molecule has 1 aromatic heterocycles. The van der Waals surface area contributed by atoms with Gasteiger partial charge in [-0.05, 0) is 6.92 Å². The van der Waals surface area contributed by atoms with Gasteiger partial charge in [-0.3, -0.25) is 19.1 Å². The molecule has 1 aliphatic rings. The molecule has 1 heterocycles. The minimum atomic E-state index is -1.92. The van der Waals surface area contributed by atoms with Crippen molar-refractivity contribution in [2.45, 2.75) is 37.1 Å². The van der Waals surface area contributed by atoms with Crippen molar-refractivity contribution in [2.75, 3.05) is 6.61 Å². The third-order valence-corrected chi connectivity index (χ3v) is 4.18. The Balaban J connectivity index is 2.28. The van der Waals surface area contributed by atoms with Crippen LogP contribution < -0.4 is 17.0 Å². The molecule has 1 aliphatic carbocycles. The van der Waals surface area contributed by atoms with Gasteiger partial charge in [0, 0.05) is 24.3 Å². The number of nitrogens with zero attached hydrogens (tertiary/aromatic N) is 2. The van der Waals surface area contributed by atoms with Crippen molar-refractivity contribution in [3.05, 3.63) is 44.4 Å². The van der Waals surface area contributed by atoms with Crippen LogP contribution in [0, 0.1) is 11.3 Å². The Morgan fingerprint density at radius 3 is 2.81 bits per heavy atom. The number of aliphatic hydroxyl groups is 3. The van der Waals surface area contributed by atoms with Gasteiger partial charge >= 0.3 is 11.7 Å². The number of hydrogen-bond donors (Lipinski definition) is 5. The molecule has 0 spiro atoms. The number of carbonyl (C=O) groups excluding carboxylic acids is 1. The van der Waals surface area contributed by atoms with Gasteiger partial charge in [0.1, 0.15) is 24.5 Å². The molecule has 2 unspecified atom stereocenters. The van der Waals surface area contributed by atoms with Crippen LogP contribution >= 0.6 is 0 Å². The maximum atomic E-state index is 12.0. The Bertz CT molecular complexity index is 894. The molecule has 11 nitrogen and oxygen atoms in total. The topological polar surface area (TPSA) is 192 Å². The summed E-state index contributed by atoms with van der Waals surface area (Å²) in [6.07, 6.45) is -2.24. The molecule has 1 aromatic rings. The SMILES string of the molecule is CC(O)[C@@H](N)C(=O)OCC1=C(O)C(O)[C@](C#N)(n2ccc(=O)[nH]c2=O)C1. The van der Waals surface area contributed by atoms with Gasteiger partial charge < -0.3 is 25.8 Å². The summed E-state index contributed by atoms with van der Waals surface area (Å²) in [6, 6.07) is 1.47. The predicted molar refractivity (Wildman–Crippen MR) is 85.8 cm³/mol. The lowest BCUT2D eigenvalue weighted by Crippen LogP contribution is -2.48. The number of nitriles is 1. The van der Waals surface area contributed by atoms with E-state index in [1.807, 2.05) is 4.98 Å². The molecule has 0 bridgehead atoms. The zero-order valence-corrected chi connectivity index (χ0v) is 13.7. The number of ether oxygens (including phenoxy) is 1. The molecule has 0 radical (unpaired) electrons. The molecule has 0 aliphatic heterocycles. The second-order valence-corrected chi connectivity index (χ2v) is 5.96. The van der Waals surface area contributed by atoms with E-state index in [9.17, 15) is 35.0 Å². The van der Waals surface area contributed by atoms with Gasteiger partial charge in [-0.25, -0.2) is 4.79 Å². The molecule has 0 fully saturated rings. The van der Waals surface area contributed by atoms with Gasteiger partial charge in [-0.15, -0.1) is 0 Å². The van der Waals surface area contributed by atoms with Gasteiger partial charge in [-0.2, -0.15) is 5.26 Å². The number of H-pyrrole nitrogens is 1. The van der Waals surface area contributed by atoms with E-state index in [2.05, 4.69) is 0 Å². The summed E-state index contributed by atoms with van der Waals surface area (Å²) in [7, 11) is 0. The monoisotopic (exact) mass is 366 g/mol. The van der Waals surface area contributed by atoms with Crippen molar-refractivity contribution in [1.82, 2.24) is 9.55 Å². The average Bonchev–Trinajstić information content (AvgIpc) is 2.84. The molecule has 11 heteroatoms. The molecule has 0 amide bonds. The highest BCUT2D eigenvalue weighted by molar-refractivity contribution is 5.76. The molecule has 26 heavy (non-hydrogen) atoms. The summed E-state index contributed by atoms with van der Waals surface area (Å²) >= 11 is 0. The van der Waals surface area contributed by atoms with E-state index in [4.69, 9.17) is 10.5 Å². The molecule has 0 saturated heterocycles. The molecular weight excluding hydrogens is 348 g/mol. The number of rotatable bonds is 5. The van der Waals surface area contributed by atoms with Crippen molar-refractivity contribution in [3.8, 4) is 6.07 Å². The quantitative estimate of drug-likeness (QED) is 0.353. The first-order chi connectivity index (χ1) is 12.1. The smallest absolute Gasteiger partial charge is 0.329 e. The summed E-state index contributed by atoms with van der Waals surface area (Å²) in [4.78, 5) is 36.8. The summed E-state index contributed by atoms with van der Waals surface area (Å²) in [5.74, 6) is -1.56. The standard InChI is InChI=1S/C15H18N4O7/c1-7(20)10(17)13(24)26-5-8-4-15(6-16,12(23)11(8)22)19-3-2-9(21)18-14(19)25/h2-3,7,10,12,20,22-23H,4-5,17H2,1H3,(H,18,21,25)/t7?,10-,12?,15+/m1/s1. The van der Waals surface area contributed by atoms with Crippen LogP contribution in [0.1, 0.15) is 13.3 Å². The maximum Gasteiger partial charge on any atom is 0.329 e. The van der Waals surface area contributed by atoms with Gasteiger partial charge in [0.15, 0.2) is 5.54 Å². The molecular formula is C15H18N4O7. The van der Waals surface area contributed by atoms with E-state index in [-0.39, 0.29) is 12.0 Å². The summed E-state index contributed by atoms with van der Waals surface area (Å²) in [5, 5.41) is 39.2. The second kappa shape index (κ2) is 7.12. The zero-order valence-electron chi connectivity index (χ0n) is 13.7. The van der Waals surface area contributed by atoms with E-state index in [1.54, 1.807) is 6.07 Å². The Morgan fingerprint density at radius 1 is 1.62 bits per heavy atom. The number of nitrogens with one attached hydrogen (secondary N) is 1. The fraction of sp³-hybridized carbons (Fsp3) is 0.467. The van der Waals surface area contributed by atoms with Gasteiger partial charge in [-0.1, -0.05) is 0 Å². The number of hydrogen-bond acceptors (Lipinski definition) is 9. The Morgan fingerprint density at radius 2 is 2.27 bits per heavy atom. The van der Waals surface area contributed by atoms with Crippen LogP contribution in [0.15, 0.2) is 33.2 Å². The molecule has 140 valence electrons. The van der Waals surface area contributed by atoms with Crippen LogP contribution in [0.25, 0.3) is 0 Å². The Labute approximate surface area is 146 Å². The molecule has 2 rings (SSSR count). The van der Waals surface area contributed by atoms with Crippen LogP contribution in [0.3, 0.4) is 0 Å². The van der Waals surface area contributed by atoms with Crippen LogP contribution in [0.5, 0.6) is 0 Å². The average molecular weight is 366 g/mol. The third-order valence-electron chi connectivity index (χ3n) is 4.18. The van der Waals surface area contributed by atoms with Crippen LogP contribution in [-0.2, 0) is 15.1 Å². The maximum absolute atomic E-state index is 12.0. The first-order valence-electron chi connectivity index (χ1n) is 7.57. The van der Waals surface area contributed by atoms with Crippen molar-refractivity contribution < 1.29 is 24.9 Å². The number of carbonyl (C=O) groups is 1. The number of esters is 1. The largest absolute Gasteiger partial charge is 0.509 e. The second-order valence-electron chi connectivity index (χ2n) is 5.96. The number of nitrogens with two attached hydrogens (primary N) is 1. The Kier molecular flexibility index (Phi) is 5.31. The van der Waals surface area contributed by atoms with E-state index >= 15 is 0 Å². The fourth-order valence-electron chi connectivity index (χ4n) is 2.61. The van der Waals surface area contributed by atoms with Crippen molar-refractivity contribution in [2.24, 2.45) is 5.73 Å². The highest BCUT2D eigenvalue weighted by atomic mass is 16.5. The van der Waals surface area contributed by atoms with Crippen LogP contribution in [0.4, 0.5) is 0 Å². The number of aromatic amines is 1. The number of aromatic nitrogens is 2. The highest BCUT2D eigenvalue weighted by Gasteiger charge is 2.50. The normalized spacial score (nSPS) is 24.8. The highest BCUT2D eigenvalue weighted by Crippen LogP contribution is 2.38. The number of aliphatic hydroxyl groups excluding tert-OH is 3. The molecule has 4 atom stereocenters. The fourth-order valence-corrected chi connectivity index (χ4v) is 2.61. The Hall–Kier alpha value is -2.94. The van der Waals surface area contributed by atoms with E-state index in [0.29, 0.717) is 0 Å². The van der Waals surface area contributed by atoms with Crippen molar-refractivity contribution in [3.63, 3.8) is 0 Å². The van der Waals surface area contributed by atoms with E-state index in [0.717, 1.165) is 16.8 Å². The van der Waals surface area contributed by atoms with Gasteiger partial charge in [0.25, 0.3) is 5.56 Å². The first kappa shape index (κ1) is 19.4. The first-order valence-corrected chi connectivity index (χ1v) is 7.57. The van der Waals surface area contributed by atoms with Gasteiger partial charge in [0.05, 0.1) is 12.2 Å². The molecule has 0 saturated carbocycles. The summed E-state index contributed by atoms with van der Waals surface area (Å²) in [6.45, 7) is 0.801. The predicted octanol–water partition coefficient (Wildman–Crippen LogP) is -2.42. The van der Waals surface area contributed by atoms with Crippen LogP contribution in [-0.4, -0.2) is 55.7 Å². The minimum Gasteiger partial charge on any atom is -0.509 e. The van der Waals surface area contributed by atoms with Crippen LogP contribution in [0.2, 0.25) is 0 Å². The zero-order chi connectivity index (χ0) is 19.6. The lowest BCUT2D eigenvalue weighted by atomic mass is 9.94. The minimum absolute atomic E-state index is 0.00305. The van der Waals surface area contributed by atoms with Gasteiger partial charge in [0.2, 0.25) is 0 Å². The van der Waals surface area contributed by atoms with Crippen molar-refractivity contribution >= 4 is 5.97 Å². The van der Waals surface area contributed by atoms with E-state index < -0.39 is 53.4 Å². The summed E-state index contributed by atoms with van der Waals surface area (Å²) in [5.41, 5.74) is 1.88. The third kappa shape index (κ3) is 3.25. The van der Waals surface area contributed by atoms with Crippen molar-refractivity contribution in [1.29, 1.82) is 5.26 Å². The summed E-state index contributed by atoms with van der Waals surface area (Å²) < 4.78 is 5.68.